The predicted molar refractivity (Wildman–Crippen MR) is 86.6 cm³/mol. The molecule has 3 rings (SSSR count). The zero-order valence-electron chi connectivity index (χ0n) is 13.2. The Kier molecular flexibility index (Phi) is 4.45. The van der Waals surface area contributed by atoms with E-state index in [0.717, 1.165) is 18.4 Å². The molecule has 0 spiro atoms. The van der Waals surface area contributed by atoms with Crippen LogP contribution in [0.3, 0.4) is 0 Å². The molecule has 0 unspecified atom stereocenters. The van der Waals surface area contributed by atoms with E-state index < -0.39 is 0 Å². The summed E-state index contributed by atoms with van der Waals surface area (Å²) in [4.78, 5) is 8.57. The minimum absolute atomic E-state index is 0.254. The molecule has 7 heteroatoms. The van der Waals surface area contributed by atoms with Gasteiger partial charge in [-0.3, -0.25) is 0 Å². The summed E-state index contributed by atoms with van der Waals surface area (Å²) >= 11 is 0. The highest BCUT2D eigenvalue weighted by Crippen LogP contribution is 2.19. The molecule has 0 saturated heterocycles. The summed E-state index contributed by atoms with van der Waals surface area (Å²) in [5.74, 6) is 0.449. The maximum Gasteiger partial charge on any atom is 0.184 e. The Balaban J connectivity index is 1.90. The molecule has 0 fully saturated rings. The molecule has 0 atom stereocenters. The summed E-state index contributed by atoms with van der Waals surface area (Å²) in [5, 5.41) is 11.8. The van der Waals surface area contributed by atoms with Gasteiger partial charge in [-0.2, -0.15) is 0 Å². The molecule has 2 aromatic heterocycles. The highest BCUT2D eigenvalue weighted by Gasteiger charge is 2.14. The molecule has 23 heavy (non-hydrogen) atoms. The van der Waals surface area contributed by atoms with Crippen molar-refractivity contribution >= 4 is 17.0 Å². The molecule has 3 aromatic rings. The van der Waals surface area contributed by atoms with E-state index >= 15 is 0 Å². The van der Waals surface area contributed by atoms with Crippen LogP contribution in [-0.2, 0) is 6.54 Å². The van der Waals surface area contributed by atoms with E-state index in [0.29, 0.717) is 29.6 Å². The van der Waals surface area contributed by atoms with Gasteiger partial charge in [-0.25, -0.2) is 19.0 Å². The normalized spacial score (nSPS) is 11.3. The second kappa shape index (κ2) is 6.68. The van der Waals surface area contributed by atoms with Crippen molar-refractivity contribution in [2.24, 2.45) is 0 Å². The molecule has 1 aromatic carbocycles. The van der Waals surface area contributed by atoms with E-state index in [9.17, 15) is 4.39 Å². The first-order valence-electron chi connectivity index (χ1n) is 7.76. The number of hydrogen-bond acceptors (Lipinski definition) is 5. The van der Waals surface area contributed by atoms with Crippen molar-refractivity contribution in [3.05, 3.63) is 42.0 Å². The Morgan fingerprint density at radius 3 is 2.57 bits per heavy atom. The van der Waals surface area contributed by atoms with Crippen molar-refractivity contribution in [3.8, 4) is 0 Å². The van der Waals surface area contributed by atoms with Gasteiger partial charge in [-0.15, -0.1) is 5.10 Å². The largest absolute Gasteiger partial charge is 0.365 e. The molecule has 0 bridgehead atoms. The number of nitrogens with zero attached hydrogens (tertiary/aromatic N) is 5. The number of halogens is 1. The molecule has 2 heterocycles. The minimum Gasteiger partial charge on any atom is -0.365 e. The maximum absolute atomic E-state index is 13.0. The first kappa shape index (κ1) is 15.3. The molecule has 0 aliphatic rings. The topological polar surface area (TPSA) is 68.5 Å². The van der Waals surface area contributed by atoms with Crippen molar-refractivity contribution in [1.29, 1.82) is 0 Å². The molecule has 0 aliphatic carbocycles. The van der Waals surface area contributed by atoms with Gasteiger partial charge >= 0.3 is 0 Å². The molecular weight excluding hydrogens is 295 g/mol. The number of hydrogen-bond donors (Lipinski definition) is 1. The van der Waals surface area contributed by atoms with Crippen molar-refractivity contribution in [1.82, 2.24) is 25.0 Å². The third-order valence-corrected chi connectivity index (χ3v) is 3.87. The Hall–Kier alpha value is -2.57. The van der Waals surface area contributed by atoms with Gasteiger partial charge in [0.05, 0.1) is 6.54 Å². The summed E-state index contributed by atoms with van der Waals surface area (Å²) in [6.07, 6.45) is 3.52. The molecule has 0 aliphatic heterocycles. The Bertz CT molecular complexity index is 779. The summed E-state index contributed by atoms with van der Waals surface area (Å²) < 4.78 is 14.7. The lowest BCUT2D eigenvalue weighted by Crippen LogP contribution is -2.18. The third kappa shape index (κ3) is 3.28. The van der Waals surface area contributed by atoms with Crippen molar-refractivity contribution in [3.63, 3.8) is 0 Å². The van der Waals surface area contributed by atoms with Crippen molar-refractivity contribution < 1.29 is 4.39 Å². The van der Waals surface area contributed by atoms with E-state index in [1.165, 1.54) is 18.5 Å². The second-order valence-corrected chi connectivity index (χ2v) is 5.43. The van der Waals surface area contributed by atoms with E-state index in [1.54, 1.807) is 16.8 Å². The zero-order chi connectivity index (χ0) is 16.2. The summed E-state index contributed by atoms with van der Waals surface area (Å²) in [6, 6.07) is 6.67. The third-order valence-electron chi connectivity index (χ3n) is 3.87. The van der Waals surface area contributed by atoms with E-state index in [2.05, 4.69) is 39.4 Å². The number of fused-ring (bicyclic) bond motifs is 1. The van der Waals surface area contributed by atoms with Gasteiger partial charge in [0, 0.05) is 6.04 Å². The first-order valence-corrected chi connectivity index (χ1v) is 7.76. The minimum atomic E-state index is -0.254. The zero-order valence-corrected chi connectivity index (χ0v) is 13.2. The highest BCUT2D eigenvalue weighted by atomic mass is 19.1. The van der Waals surface area contributed by atoms with E-state index in [4.69, 9.17) is 0 Å². The lowest BCUT2D eigenvalue weighted by molar-refractivity contribution is 0.623. The fourth-order valence-electron chi connectivity index (χ4n) is 2.45. The van der Waals surface area contributed by atoms with Gasteiger partial charge in [0.2, 0.25) is 0 Å². The molecule has 6 nitrogen and oxygen atoms in total. The average Bonchev–Trinajstić information content (AvgIpc) is 2.98. The summed E-state index contributed by atoms with van der Waals surface area (Å²) in [5.41, 5.74) is 2.26. The van der Waals surface area contributed by atoms with Crippen LogP contribution in [0, 0.1) is 5.82 Å². The smallest absolute Gasteiger partial charge is 0.184 e. The molecule has 120 valence electrons. The highest BCUT2D eigenvalue weighted by molar-refractivity contribution is 5.81. The number of aromatic nitrogens is 5. The second-order valence-electron chi connectivity index (χ2n) is 5.43. The van der Waals surface area contributed by atoms with Crippen LogP contribution < -0.4 is 5.32 Å². The van der Waals surface area contributed by atoms with Crippen LogP contribution in [0.4, 0.5) is 10.2 Å². The first-order chi connectivity index (χ1) is 11.2. The van der Waals surface area contributed by atoms with Gasteiger partial charge in [-0.1, -0.05) is 31.2 Å². The summed E-state index contributed by atoms with van der Waals surface area (Å²) in [7, 11) is 0. The standard InChI is InChI=1S/C16H19FN6/c1-3-13(4-2)20-15-14-16(19-10-18-15)23(22-21-14)9-11-5-7-12(17)8-6-11/h5-8,10,13H,3-4,9H2,1-2H3,(H,18,19,20). The number of anilines is 1. The van der Waals surface area contributed by atoms with Gasteiger partial charge in [-0.05, 0) is 30.5 Å². The van der Waals surface area contributed by atoms with Gasteiger partial charge in [0.1, 0.15) is 12.1 Å². The number of nitrogens with one attached hydrogen (secondary N) is 1. The van der Waals surface area contributed by atoms with Crippen LogP contribution in [0.5, 0.6) is 0 Å². The Morgan fingerprint density at radius 1 is 1.13 bits per heavy atom. The molecule has 0 amide bonds. The van der Waals surface area contributed by atoms with Crippen LogP contribution >= 0.6 is 0 Å². The Labute approximate surface area is 133 Å². The van der Waals surface area contributed by atoms with Crippen molar-refractivity contribution in [2.75, 3.05) is 5.32 Å². The lowest BCUT2D eigenvalue weighted by Gasteiger charge is -2.14. The fourth-order valence-corrected chi connectivity index (χ4v) is 2.45. The SMILES string of the molecule is CCC(CC)Nc1ncnc2c1nnn2Cc1ccc(F)cc1. The monoisotopic (exact) mass is 314 g/mol. The van der Waals surface area contributed by atoms with Crippen LogP contribution in [0.15, 0.2) is 30.6 Å². The molecule has 0 saturated carbocycles. The summed E-state index contributed by atoms with van der Waals surface area (Å²) in [6.45, 7) is 4.74. The van der Waals surface area contributed by atoms with Gasteiger partial charge in [0.25, 0.3) is 0 Å². The molecular formula is C16H19FN6. The van der Waals surface area contributed by atoms with Crippen LogP contribution in [0.1, 0.15) is 32.3 Å². The van der Waals surface area contributed by atoms with Crippen LogP contribution in [-0.4, -0.2) is 31.0 Å². The van der Waals surface area contributed by atoms with E-state index in [-0.39, 0.29) is 5.82 Å². The van der Waals surface area contributed by atoms with Crippen molar-refractivity contribution in [2.45, 2.75) is 39.3 Å². The molecule has 1 N–H and O–H groups in total. The quantitative estimate of drug-likeness (QED) is 0.757. The van der Waals surface area contributed by atoms with Gasteiger partial charge in [0.15, 0.2) is 17.0 Å². The maximum atomic E-state index is 13.0. The number of benzene rings is 1. The van der Waals surface area contributed by atoms with Crippen LogP contribution in [0.2, 0.25) is 0 Å². The predicted octanol–water partition coefficient (Wildman–Crippen LogP) is 3.01. The lowest BCUT2D eigenvalue weighted by atomic mass is 10.2. The fraction of sp³-hybridized carbons (Fsp3) is 0.375. The van der Waals surface area contributed by atoms with Crippen LogP contribution in [0.25, 0.3) is 11.2 Å². The van der Waals surface area contributed by atoms with Gasteiger partial charge < -0.3 is 5.32 Å². The Morgan fingerprint density at radius 2 is 1.87 bits per heavy atom. The number of rotatable bonds is 6. The van der Waals surface area contributed by atoms with E-state index in [1.807, 2.05) is 0 Å². The molecule has 0 radical (unpaired) electrons. The average molecular weight is 314 g/mol.